The molecule has 0 unspecified atom stereocenters. The van der Waals surface area contributed by atoms with Gasteiger partial charge in [0.05, 0.1) is 0 Å². The van der Waals surface area contributed by atoms with E-state index in [4.69, 9.17) is 0 Å². The molecule has 0 amide bonds. The Labute approximate surface area is 214 Å². The molecule has 0 saturated heterocycles. The molecule has 3 heteroatoms. The molecule has 0 spiro atoms. The molecule has 3 heterocycles. The van der Waals surface area contributed by atoms with Crippen molar-refractivity contribution in [2.24, 2.45) is 0 Å². The first-order valence-corrected chi connectivity index (χ1v) is 13.0. The van der Waals surface area contributed by atoms with Crippen LogP contribution in [-0.4, -0.2) is 6.85 Å². The van der Waals surface area contributed by atoms with Crippen LogP contribution in [0.1, 0.15) is 0 Å². The molecule has 7 aromatic rings. The van der Waals surface area contributed by atoms with Gasteiger partial charge in [0.1, 0.15) is 0 Å². The maximum absolute atomic E-state index is 2.64. The molecule has 10 rings (SSSR count). The van der Waals surface area contributed by atoms with Crippen LogP contribution < -0.4 is 20.6 Å². The molecule has 0 aliphatic carbocycles. The summed E-state index contributed by atoms with van der Waals surface area (Å²) >= 11 is 0. The highest BCUT2D eigenvalue weighted by Crippen LogP contribution is 2.51. The summed E-state index contributed by atoms with van der Waals surface area (Å²) in [5.41, 5.74) is 9.26. The van der Waals surface area contributed by atoms with Crippen LogP contribution in [-0.2, 0) is 0 Å². The van der Waals surface area contributed by atoms with Gasteiger partial charge in [-0.05, 0) is 79.6 Å². The minimum absolute atomic E-state index is 0.137. The van der Waals surface area contributed by atoms with E-state index in [0.29, 0.717) is 0 Å². The normalized spacial score (nSPS) is 14.3. The van der Waals surface area contributed by atoms with Crippen molar-refractivity contribution in [3.8, 4) is 0 Å². The van der Waals surface area contributed by atoms with Gasteiger partial charge in [-0.1, -0.05) is 78.9 Å². The molecule has 3 aliphatic rings. The third-order valence-corrected chi connectivity index (χ3v) is 8.86. The zero-order valence-corrected chi connectivity index (χ0v) is 19.9. The molecule has 0 atom stereocenters. The Kier molecular flexibility index (Phi) is 3.07. The van der Waals surface area contributed by atoms with Crippen LogP contribution in [0, 0.1) is 0 Å². The highest BCUT2D eigenvalue weighted by molar-refractivity contribution is 6.97. The SMILES string of the molecule is c1ccc(N2c3ccc4ccc5cccc6c5c4c3B3c4c2ccc2ccc5cccc(c5c42)N36)cc1. The Morgan fingerprint density at radius 3 is 1.41 bits per heavy atom. The molecule has 0 N–H and O–H groups in total. The van der Waals surface area contributed by atoms with Gasteiger partial charge in [0, 0.05) is 39.2 Å². The lowest BCUT2D eigenvalue weighted by Crippen LogP contribution is -2.62. The number of benzene rings is 7. The summed E-state index contributed by atoms with van der Waals surface area (Å²) in [6.45, 7) is 0.137. The van der Waals surface area contributed by atoms with Gasteiger partial charge in [-0.3, -0.25) is 0 Å². The highest BCUT2D eigenvalue weighted by atomic mass is 15.2. The molecule has 3 aliphatic heterocycles. The third-order valence-electron chi connectivity index (χ3n) is 8.86. The van der Waals surface area contributed by atoms with E-state index >= 15 is 0 Å². The lowest BCUT2D eigenvalue weighted by atomic mass is 9.42. The quantitative estimate of drug-likeness (QED) is 0.181. The Hall–Kier alpha value is -4.76. The van der Waals surface area contributed by atoms with Crippen molar-refractivity contribution in [1.29, 1.82) is 0 Å². The van der Waals surface area contributed by atoms with Crippen molar-refractivity contribution in [2.45, 2.75) is 0 Å². The zero-order valence-electron chi connectivity index (χ0n) is 19.9. The summed E-state index contributed by atoms with van der Waals surface area (Å²) in [5.74, 6) is 0. The van der Waals surface area contributed by atoms with E-state index in [-0.39, 0.29) is 6.85 Å². The van der Waals surface area contributed by atoms with Gasteiger partial charge >= 0.3 is 6.85 Å². The molecule has 0 saturated carbocycles. The summed E-state index contributed by atoms with van der Waals surface area (Å²) in [5, 5.41) is 10.8. The highest BCUT2D eigenvalue weighted by Gasteiger charge is 2.47. The molecule has 7 aromatic carbocycles. The van der Waals surface area contributed by atoms with E-state index in [1.165, 1.54) is 82.5 Å². The maximum Gasteiger partial charge on any atom is 0.333 e. The van der Waals surface area contributed by atoms with Crippen molar-refractivity contribution in [1.82, 2.24) is 0 Å². The van der Waals surface area contributed by atoms with E-state index < -0.39 is 0 Å². The fraction of sp³-hybridized carbons (Fsp3) is 0. The topological polar surface area (TPSA) is 6.48 Å². The first kappa shape index (κ1) is 18.5. The summed E-state index contributed by atoms with van der Waals surface area (Å²) in [6.07, 6.45) is 0. The predicted molar refractivity (Wildman–Crippen MR) is 158 cm³/mol. The van der Waals surface area contributed by atoms with Crippen LogP contribution in [0.3, 0.4) is 0 Å². The average Bonchev–Trinajstić information content (AvgIpc) is 2.96. The minimum atomic E-state index is 0.137. The fourth-order valence-electron chi connectivity index (χ4n) is 7.52. The molecule has 0 radical (unpaired) electrons. The standard InChI is InChI=1S/C34H19BN2/c1-2-8-24(9-3-1)36-27-18-16-22-14-12-20-6-4-10-25-29(20)31(22)33(27)35-34-28(36)19-17-23-15-13-21-7-5-11-26(37(25)35)30(21)32(23)34/h1-19H. The van der Waals surface area contributed by atoms with Crippen LogP contribution in [0.15, 0.2) is 115 Å². The number of hydrogen-bond donors (Lipinski definition) is 0. The van der Waals surface area contributed by atoms with Gasteiger partial charge in [0.2, 0.25) is 0 Å². The van der Waals surface area contributed by atoms with Crippen molar-refractivity contribution in [3.63, 3.8) is 0 Å². The van der Waals surface area contributed by atoms with Gasteiger partial charge < -0.3 is 9.71 Å². The molecule has 0 aromatic heterocycles. The average molecular weight is 466 g/mol. The molecule has 0 bridgehead atoms. The van der Waals surface area contributed by atoms with E-state index in [0.717, 1.165) is 0 Å². The Bertz CT molecular complexity index is 2030. The Morgan fingerprint density at radius 2 is 0.865 bits per heavy atom. The second-order valence-electron chi connectivity index (χ2n) is 10.5. The largest absolute Gasteiger partial charge is 0.376 e. The van der Waals surface area contributed by atoms with Crippen molar-refractivity contribution in [3.05, 3.63) is 115 Å². The smallest absolute Gasteiger partial charge is 0.333 e. The van der Waals surface area contributed by atoms with Gasteiger partial charge in [0.25, 0.3) is 0 Å². The molecule has 2 nitrogen and oxygen atoms in total. The number of hydrogen-bond acceptors (Lipinski definition) is 2. The number of para-hydroxylation sites is 1. The third kappa shape index (κ3) is 2.01. The maximum atomic E-state index is 2.64. The molecule has 0 fully saturated rings. The number of fused-ring (bicyclic) bond motifs is 2. The number of nitrogens with zero attached hydrogens (tertiary/aromatic N) is 2. The molecule has 168 valence electrons. The van der Waals surface area contributed by atoms with Crippen molar-refractivity contribution < 1.29 is 0 Å². The van der Waals surface area contributed by atoms with E-state index in [1.54, 1.807) is 0 Å². The first-order chi connectivity index (χ1) is 18.4. The van der Waals surface area contributed by atoms with Crippen LogP contribution in [0.2, 0.25) is 0 Å². The van der Waals surface area contributed by atoms with Crippen LogP contribution in [0.4, 0.5) is 28.4 Å². The molecule has 37 heavy (non-hydrogen) atoms. The van der Waals surface area contributed by atoms with Crippen LogP contribution >= 0.6 is 0 Å². The Balaban J connectivity index is 1.53. The number of anilines is 5. The van der Waals surface area contributed by atoms with E-state index in [1.807, 2.05) is 0 Å². The van der Waals surface area contributed by atoms with Gasteiger partial charge in [0.15, 0.2) is 0 Å². The van der Waals surface area contributed by atoms with E-state index in [9.17, 15) is 0 Å². The van der Waals surface area contributed by atoms with Gasteiger partial charge in [-0.25, -0.2) is 0 Å². The lowest BCUT2D eigenvalue weighted by Gasteiger charge is -2.47. The van der Waals surface area contributed by atoms with Crippen molar-refractivity contribution in [2.75, 3.05) is 9.71 Å². The predicted octanol–water partition coefficient (Wildman–Crippen LogP) is 7.65. The Morgan fingerprint density at radius 1 is 0.378 bits per heavy atom. The molecular weight excluding hydrogens is 447 g/mol. The fourth-order valence-corrected chi connectivity index (χ4v) is 7.52. The van der Waals surface area contributed by atoms with Crippen LogP contribution in [0.5, 0.6) is 0 Å². The zero-order chi connectivity index (χ0) is 23.8. The second kappa shape index (κ2) is 6.14. The summed E-state index contributed by atoms with van der Waals surface area (Å²) in [4.78, 5) is 5.14. The van der Waals surface area contributed by atoms with Crippen LogP contribution in [0.25, 0.3) is 43.1 Å². The summed E-state index contributed by atoms with van der Waals surface area (Å²) in [6, 6.07) is 43.0. The minimum Gasteiger partial charge on any atom is -0.376 e. The van der Waals surface area contributed by atoms with Crippen molar-refractivity contribution >= 4 is 89.3 Å². The second-order valence-corrected chi connectivity index (χ2v) is 10.5. The number of rotatable bonds is 1. The van der Waals surface area contributed by atoms with Gasteiger partial charge in [-0.15, -0.1) is 0 Å². The lowest BCUT2D eigenvalue weighted by molar-refractivity contribution is 1.29. The van der Waals surface area contributed by atoms with Gasteiger partial charge in [-0.2, -0.15) is 0 Å². The molecular formula is C34H19BN2. The monoisotopic (exact) mass is 466 g/mol. The first-order valence-electron chi connectivity index (χ1n) is 13.0. The summed E-state index contributed by atoms with van der Waals surface area (Å²) < 4.78 is 0. The van der Waals surface area contributed by atoms with E-state index in [2.05, 4.69) is 125 Å². The summed E-state index contributed by atoms with van der Waals surface area (Å²) in [7, 11) is 0.